The van der Waals surface area contributed by atoms with E-state index >= 15 is 0 Å². The van der Waals surface area contributed by atoms with Crippen LogP contribution in [0.15, 0.2) is 37.2 Å². The zero-order valence-corrected chi connectivity index (χ0v) is 12.9. The van der Waals surface area contributed by atoms with E-state index in [4.69, 9.17) is 10.2 Å². The molecule has 0 amide bonds. The molecule has 0 bridgehead atoms. The van der Waals surface area contributed by atoms with Crippen LogP contribution in [0.25, 0.3) is 0 Å². The van der Waals surface area contributed by atoms with E-state index in [2.05, 4.69) is 20.9 Å². The Labute approximate surface area is 119 Å². The molecule has 18 heavy (non-hydrogen) atoms. The highest BCUT2D eigenvalue weighted by atomic mass is 79.9. The van der Waals surface area contributed by atoms with Crippen LogP contribution in [-0.4, -0.2) is 4.98 Å². The maximum absolute atomic E-state index is 5.87. The number of aryl methyl sites for hydroxylation is 2. The van der Waals surface area contributed by atoms with Gasteiger partial charge in [-0.3, -0.25) is 0 Å². The SMILES string of the molecule is Cc1nc(Sc2ccc(C(C)N)c(Br)c2)oc1C. The lowest BCUT2D eigenvalue weighted by atomic mass is 10.1. The molecule has 0 fully saturated rings. The molecule has 0 radical (unpaired) electrons. The van der Waals surface area contributed by atoms with Gasteiger partial charge in [0.15, 0.2) is 0 Å². The van der Waals surface area contributed by atoms with Crippen molar-refractivity contribution in [2.24, 2.45) is 5.73 Å². The van der Waals surface area contributed by atoms with Crippen LogP contribution in [0, 0.1) is 13.8 Å². The van der Waals surface area contributed by atoms with Crippen molar-refractivity contribution < 1.29 is 4.42 Å². The fourth-order valence-electron chi connectivity index (χ4n) is 1.53. The molecule has 0 spiro atoms. The predicted octanol–water partition coefficient (Wildman–Crippen LogP) is 4.22. The largest absolute Gasteiger partial charge is 0.436 e. The minimum absolute atomic E-state index is 0.0182. The topological polar surface area (TPSA) is 52.0 Å². The third-order valence-corrected chi connectivity index (χ3v) is 4.20. The molecular weight excluding hydrogens is 312 g/mol. The van der Waals surface area contributed by atoms with Crippen LogP contribution in [-0.2, 0) is 0 Å². The maximum atomic E-state index is 5.87. The van der Waals surface area contributed by atoms with Gasteiger partial charge in [-0.25, -0.2) is 4.98 Å². The summed E-state index contributed by atoms with van der Waals surface area (Å²) in [6.07, 6.45) is 0. The summed E-state index contributed by atoms with van der Waals surface area (Å²) in [6, 6.07) is 6.12. The Morgan fingerprint density at radius 2 is 2.11 bits per heavy atom. The zero-order valence-electron chi connectivity index (χ0n) is 10.5. The summed E-state index contributed by atoms with van der Waals surface area (Å²) in [5.74, 6) is 0.865. The molecule has 2 rings (SSSR count). The number of rotatable bonds is 3. The van der Waals surface area contributed by atoms with Crippen molar-refractivity contribution >= 4 is 27.7 Å². The van der Waals surface area contributed by atoms with E-state index in [1.54, 1.807) is 0 Å². The quantitative estimate of drug-likeness (QED) is 0.917. The van der Waals surface area contributed by atoms with Gasteiger partial charge in [0.05, 0.1) is 5.69 Å². The Morgan fingerprint density at radius 3 is 2.61 bits per heavy atom. The fourth-order valence-corrected chi connectivity index (χ4v) is 3.28. The molecule has 1 unspecified atom stereocenters. The molecule has 0 aliphatic rings. The highest BCUT2D eigenvalue weighted by Crippen LogP contribution is 2.32. The van der Waals surface area contributed by atoms with Gasteiger partial charge in [-0.15, -0.1) is 0 Å². The molecule has 0 aliphatic carbocycles. The molecule has 1 atom stereocenters. The lowest BCUT2D eigenvalue weighted by Crippen LogP contribution is -2.05. The Morgan fingerprint density at radius 1 is 1.39 bits per heavy atom. The van der Waals surface area contributed by atoms with Crippen molar-refractivity contribution in [3.05, 3.63) is 39.7 Å². The molecule has 0 saturated heterocycles. The maximum Gasteiger partial charge on any atom is 0.260 e. The highest BCUT2D eigenvalue weighted by molar-refractivity contribution is 9.10. The molecule has 96 valence electrons. The van der Waals surface area contributed by atoms with E-state index in [0.29, 0.717) is 5.22 Å². The summed E-state index contributed by atoms with van der Waals surface area (Å²) in [6.45, 7) is 5.83. The first-order valence-electron chi connectivity index (χ1n) is 5.64. The summed E-state index contributed by atoms with van der Waals surface area (Å²) in [7, 11) is 0. The molecular formula is C13H15BrN2OS. The van der Waals surface area contributed by atoms with E-state index < -0.39 is 0 Å². The average molecular weight is 327 g/mol. The lowest BCUT2D eigenvalue weighted by molar-refractivity contribution is 0.431. The third kappa shape index (κ3) is 2.96. The van der Waals surface area contributed by atoms with E-state index in [-0.39, 0.29) is 6.04 Å². The van der Waals surface area contributed by atoms with Crippen LogP contribution in [0.4, 0.5) is 0 Å². The molecule has 0 saturated carbocycles. The number of halogens is 1. The molecule has 1 aromatic carbocycles. The summed E-state index contributed by atoms with van der Waals surface area (Å²) < 4.78 is 6.56. The first kappa shape index (κ1) is 13.6. The zero-order chi connectivity index (χ0) is 13.3. The van der Waals surface area contributed by atoms with Crippen molar-refractivity contribution in [2.45, 2.75) is 36.9 Å². The van der Waals surface area contributed by atoms with Crippen molar-refractivity contribution in [3.63, 3.8) is 0 Å². The van der Waals surface area contributed by atoms with Gasteiger partial charge in [0, 0.05) is 15.4 Å². The highest BCUT2D eigenvalue weighted by Gasteiger charge is 2.10. The van der Waals surface area contributed by atoms with Crippen LogP contribution in [0.5, 0.6) is 0 Å². The molecule has 1 aromatic heterocycles. The smallest absolute Gasteiger partial charge is 0.260 e. The van der Waals surface area contributed by atoms with Gasteiger partial charge in [-0.1, -0.05) is 22.0 Å². The second kappa shape index (κ2) is 5.47. The van der Waals surface area contributed by atoms with Crippen LogP contribution in [0.1, 0.15) is 30.0 Å². The van der Waals surface area contributed by atoms with Gasteiger partial charge in [-0.2, -0.15) is 0 Å². The number of benzene rings is 1. The number of oxazole rings is 1. The van der Waals surface area contributed by atoms with Crippen LogP contribution in [0.3, 0.4) is 0 Å². The Balaban J connectivity index is 2.22. The molecule has 0 aliphatic heterocycles. The van der Waals surface area contributed by atoms with E-state index in [0.717, 1.165) is 26.4 Å². The summed E-state index contributed by atoms with van der Waals surface area (Å²) in [5.41, 5.74) is 7.90. The lowest BCUT2D eigenvalue weighted by Gasteiger charge is -2.09. The molecule has 2 aromatic rings. The summed E-state index contributed by atoms with van der Waals surface area (Å²) in [5, 5.41) is 0.672. The van der Waals surface area contributed by atoms with Gasteiger partial charge in [0.25, 0.3) is 5.22 Å². The number of hydrogen-bond acceptors (Lipinski definition) is 4. The third-order valence-electron chi connectivity index (χ3n) is 2.68. The van der Waals surface area contributed by atoms with Crippen molar-refractivity contribution in [3.8, 4) is 0 Å². The predicted molar refractivity (Wildman–Crippen MR) is 76.8 cm³/mol. The first-order chi connectivity index (χ1) is 8.47. The molecule has 1 heterocycles. The van der Waals surface area contributed by atoms with Crippen LogP contribution in [0.2, 0.25) is 0 Å². The van der Waals surface area contributed by atoms with Gasteiger partial charge >= 0.3 is 0 Å². The normalized spacial score (nSPS) is 12.7. The van der Waals surface area contributed by atoms with Gasteiger partial charge in [0.2, 0.25) is 0 Å². The second-order valence-electron chi connectivity index (χ2n) is 4.20. The van der Waals surface area contributed by atoms with Gasteiger partial charge in [0.1, 0.15) is 5.76 Å². The molecule has 3 nitrogen and oxygen atoms in total. The fraction of sp³-hybridized carbons (Fsp3) is 0.308. The molecule has 5 heteroatoms. The van der Waals surface area contributed by atoms with E-state index in [1.165, 1.54) is 11.8 Å². The van der Waals surface area contributed by atoms with Crippen molar-refractivity contribution in [1.29, 1.82) is 0 Å². The van der Waals surface area contributed by atoms with E-state index in [1.807, 2.05) is 39.0 Å². The van der Waals surface area contributed by atoms with Crippen molar-refractivity contribution in [1.82, 2.24) is 4.98 Å². The Hall–Kier alpha value is -0.780. The van der Waals surface area contributed by atoms with Gasteiger partial charge in [-0.05, 0) is 50.2 Å². The minimum Gasteiger partial charge on any atom is -0.436 e. The number of hydrogen-bond donors (Lipinski definition) is 1. The minimum atomic E-state index is 0.0182. The van der Waals surface area contributed by atoms with Crippen LogP contribution >= 0.6 is 27.7 Å². The standard InChI is InChI=1S/C13H15BrN2OS/c1-7(15)11-5-4-10(6-12(11)14)18-13-16-8(2)9(3)17-13/h4-7H,15H2,1-3H3. The Bertz CT molecular complexity index is 547. The number of nitrogens with zero attached hydrogens (tertiary/aromatic N) is 1. The van der Waals surface area contributed by atoms with Crippen LogP contribution < -0.4 is 5.73 Å². The second-order valence-corrected chi connectivity index (χ2v) is 6.07. The monoisotopic (exact) mass is 326 g/mol. The first-order valence-corrected chi connectivity index (χ1v) is 7.25. The summed E-state index contributed by atoms with van der Waals surface area (Å²) in [4.78, 5) is 5.43. The Kier molecular flexibility index (Phi) is 4.14. The van der Waals surface area contributed by atoms with Crippen molar-refractivity contribution in [2.75, 3.05) is 0 Å². The molecule has 2 N–H and O–H groups in total. The number of nitrogens with two attached hydrogens (primary N) is 1. The summed E-state index contributed by atoms with van der Waals surface area (Å²) >= 11 is 5.04. The average Bonchev–Trinajstić information content (AvgIpc) is 2.57. The number of aromatic nitrogens is 1. The van der Waals surface area contributed by atoms with E-state index in [9.17, 15) is 0 Å². The van der Waals surface area contributed by atoms with Gasteiger partial charge < -0.3 is 10.2 Å².